The number of nitrogens with two attached hydrogens (primary N) is 1. The highest BCUT2D eigenvalue weighted by Gasteiger charge is 2.11. The Hall–Kier alpha value is -2.93. The molecule has 0 fully saturated rings. The third-order valence-electron chi connectivity index (χ3n) is 3.76. The Morgan fingerprint density at radius 1 is 1.28 bits per heavy atom. The smallest absolute Gasteiger partial charge is 0.265 e. The van der Waals surface area contributed by atoms with Crippen molar-refractivity contribution in [1.29, 1.82) is 0 Å². The second-order valence-corrected chi connectivity index (χ2v) is 6.60. The van der Waals surface area contributed by atoms with Crippen LogP contribution < -0.4 is 11.1 Å². The summed E-state index contributed by atoms with van der Waals surface area (Å²) in [4.78, 5) is 30.4. The summed E-state index contributed by atoms with van der Waals surface area (Å²) in [6.07, 6.45) is 2.75. The van der Waals surface area contributed by atoms with Crippen molar-refractivity contribution < 1.29 is 9.59 Å². The lowest BCUT2D eigenvalue weighted by molar-refractivity contribution is -0.116. The lowest BCUT2D eigenvalue weighted by Crippen LogP contribution is -2.12. The predicted octanol–water partition coefficient (Wildman–Crippen LogP) is 3.12. The maximum Gasteiger partial charge on any atom is 0.265 e. The molecule has 0 saturated carbocycles. The first kappa shape index (κ1) is 16.9. The fourth-order valence-corrected chi connectivity index (χ4v) is 3.08. The van der Waals surface area contributed by atoms with Gasteiger partial charge in [-0.25, -0.2) is 4.98 Å². The third kappa shape index (κ3) is 4.33. The number of nitrogens with zero attached hydrogens (tertiary/aromatic N) is 1. The van der Waals surface area contributed by atoms with Gasteiger partial charge in [-0.3, -0.25) is 9.59 Å². The predicted molar refractivity (Wildman–Crippen MR) is 98.5 cm³/mol. The van der Waals surface area contributed by atoms with Gasteiger partial charge in [0.2, 0.25) is 5.91 Å². The van der Waals surface area contributed by atoms with Gasteiger partial charge in [-0.1, -0.05) is 29.8 Å². The number of primary amides is 1. The summed E-state index contributed by atoms with van der Waals surface area (Å²) in [6, 6.07) is 9.79. The number of aryl methyl sites for hydroxylation is 2. The van der Waals surface area contributed by atoms with E-state index >= 15 is 0 Å². The van der Waals surface area contributed by atoms with Gasteiger partial charge in [-0.2, -0.15) is 0 Å². The summed E-state index contributed by atoms with van der Waals surface area (Å²) >= 11 is 1.34. The summed E-state index contributed by atoms with van der Waals surface area (Å²) in [5.74, 6) is -0.598. The minimum atomic E-state index is -0.522. The highest BCUT2D eigenvalue weighted by molar-refractivity contribution is 7.14. The topological polar surface area (TPSA) is 101 Å². The minimum absolute atomic E-state index is 0.0756. The number of thiazole rings is 1. The quantitative estimate of drug-likeness (QED) is 0.634. The van der Waals surface area contributed by atoms with E-state index in [9.17, 15) is 9.59 Å². The average Bonchev–Trinajstić information content (AvgIpc) is 3.23. The number of amides is 2. The molecule has 0 saturated heterocycles. The summed E-state index contributed by atoms with van der Waals surface area (Å²) in [7, 11) is 0. The van der Waals surface area contributed by atoms with Crippen molar-refractivity contribution in [2.45, 2.75) is 19.8 Å². The first-order valence-electron chi connectivity index (χ1n) is 7.81. The molecule has 25 heavy (non-hydrogen) atoms. The molecule has 0 radical (unpaired) electrons. The molecular weight excluding hydrogens is 336 g/mol. The van der Waals surface area contributed by atoms with Crippen molar-refractivity contribution in [2.24, 2.45) is 5.73 Å². The van der Waals surface area contributed by atoms with E-state index in [1.54, 1.807) is 12.3 Å². The van der Waals surface area contributed by atoms with Crippen LogP contribution in [0.5, 0.6) is 0 Å². The largest absolute Gasteiger partial charge is 0.364 e. The normalized spacial score (nSPS) is 10.6. The van der Waals surface area contributed by atoms with Gasteiger partial charge in [-0.05, 0) is 25.0 Å². The van der Waals surface area contributed by atoms with E-state index in [-0.39, 0.29) is 5.91 Å². The van der Waals surface area contributed by atoms with E-state index in [1.807, 2.05) is 36.6 Å². The number of benzene rings is 1. The van der Waals surface area contributed by atoms with Crippen molar-refractivity contribution in [3.8, 4) is 11.3 Å². The molecule has 6 nitrogen and oxygen atoms in total. The Labute approximate surface area is 149 Å². The average molecular weight is 354 g/mol. The Morgan fingerprint density at radius 3 is 2.72 bits per heavy atom. The Kier molecular flexibility index (Phi) is 4.95. The molecule has 0 atom stereocenters. The molecule has 4 N–H and O–H groups in total. The summed E-state index contributed by atoms with van der Waals surface area (Å²) < 4.78 is 0. The van der Waals surface area contributed by atoms with Crippen molar-refractivity contribution in [3.05, 3.63) is 58.7 Å². The molecule has 3 rings (SSSR count). The van der Waals surface area contributed by atoms with Gasteiger partial charge in [-0.15, -0.1) is 11.3 Å². The molecule has 0 aliphatic rings. The molecule has 128 valence electrons. The number of anilines is 1. The van der Waals surface area contributed by atoms with E-state index in [0.29, 0.717) is 29.4 Å². The number of aromatic nitrogens is 2. The lowest BCUT2D eigenvalue weighted by Gasteiger charge is -2.03. The van der Waals surface area contributed by atoms with Gasteiger partial charge in [0.15, 0.2) is 5.13 Å². The highest BCUT2D eigenvalue weighted by Crippen LogP contribution is 2.25. The molecule has 0 aliphatic heterocycles. The van der Waals surface area contributed by atoms with Crippen LogP contribution in [0.4, 0.5) is 5.13 Å². The first-order chi connectivity index (χ1) is 12.0. The first-order valence-corrected chi connectivity index (χ1v) is 8.69. The fraction of sp³-hybridized carbons (Fsp3) is 0.167. The van der Waals surface area contributed by atoms with Crippen LogP contribution in [0.2, 0.25) is 0 Å². The number of carbonyl (C=O) groups excluding carboxylic acids is 2. The lowest BCUT2D eigenvalue weighted by atomic mass is 10.1. The highest BCUT2D eigenvalue weighted by atomic mass is 32.1. The molecule has 2 heterocycles. The van der Waals surface area contributed by atoms with E-state index < -0.39 is 5.91 Å². The monoisotopic (exact) mass is 354 g/mol. The Morgan fingerprint density at radius 2 is 2.04 bits per heavy atom. The summed E-state index contributed by atoms with van der Waals surface area (Å²) in [5, 5.41) is 5.17. The van der Waals surface area contributed by atoms with Crippen LogP contribution in [0.1, 0.15) is 28.0 Å². The van der Waals surface area contributed by atoms with Gasteiger partial charge in [0.1, 0.15) is 5.69 Å². The number of rotatable bonds is 6. The van der Waals surface area contributed by atoms with Crippen molar-refractivity contribution >= 4 is 28.3 Å². The fourth-order valence-electron chi connectivity index (χ4n) is 2.34. The van der Waals surface area contributed by atoms with Crippen molar-refractivity contribution in [1.82, 2.24) is 9.97 Å². The molecule has 2 amide bonds. The zero-order valence-electron chi connectivity index (χ0n) is 13.7. The number of nitrogens with one attached hydrogen (secondary N) is 2. The molecule has 0 bridgehead atoms. The number of hydrogen-bond donors (Lipinski definition) is 3. The molecule has 7 heteroatoms. The third-order valence-corrected chi connectivity index (χ3v) is 4.51. The second kappa shape index (κ2) is 7.31. The van der Waals surface area contributed by atoms with Crippen LogP contribution in [0.3, 0.4) is 0 Å². The Bertz CT molecular complexity index is 896. The maximum atomic E-state index is 12.1. The molecule has 1 aromatic carbocycles. The van der Waals surface area contributed by atoms with Crippen LogP contribution >= 0.6 is 11.3 Å². The molecule has 0 spiro atoms. The minimum Gasteiger partial charge on any atom is -0.364 e. The molecular formula is C18H18N4O2S. The van der Waals surface area contributed by atoms with E-state index in [4.69, 9.17) is 5.73 Å². The van der Waals surface area contributed by atoms with Gasteiger partial charge < -0.3 is 16.0 Å². The number of carbonyl (C=O) groups is 2. The van der Waals surface area contributed by atoms with E-state index in [1.165, 1.54) is 16.9 Å². The van der Waals surface area contributed by atoms with Crippen molar-refractivity contribution in [3.63, 3.8) is 0 Å². The Balaban J connectivity index is 1.57. The molecule has 0 unspecified atom stereocenters. The van der Waals surface area contributed by atoms with Crippen LogP contribution in [0.25, 0.3) is 11.3 Å². The molecule has 2 aromatic heterocycles. The van der Waals surface area contributed by atoms with Crippen LogP contribution in [-0.4, -0.2) is 21.8 Å². The van der Waals surface area contributed by atoms with Gasteiger partial charge >= 0.3 is 0 Å². The number of hydrogen-bond acceptors (Lipinski definition) is 4. The SMILES string of the molecule is Cc1ccc(CCC(=O)Nc2nc(-c3c[nH]c(C(N)=O)c3)cs2)cc1. The van der Waals surface area contributed by atoms with E-state index in [2.05, 4.69) is 15.3 Å². The maximum absolute atomic E-state index is 12.1. The number of H-pyrrole nitrogens is 1. The van der Waals surface area contributed by atoms with Crippen LogP contribution in [-0.2, 0) is 11.2 Å². The standard InChI is InChI=1S/C18H18N4O2S/c1-11-2-4-12(5-3-11)6-7-16(23)22-18-21-15(10-25-18)13-8-14(17(19)24)20-9-13/h2-5,8-10,20H,6-7H2,1H3,(H2,19,24)(H,21,22,23). The van der Waals surface area contributed by atoms with E-state index in [0.717, 1.165) is 11.1 Å². The second-order valence-electron chi connectivity index (χ2n) is 5.74. The van der Waals surface area contributed by atoms with Crippen LogP contribution in [0.15, 0.2) is 41.9 Å². The van der Waals surface area contributed by atoms with Crippen molar-refractivity contribution in [2.75, 3.05) is 5.32 Å². The molecule has 0 aliphatic carbocycles. The zero-order valence-corrected chi connectivity index (χ0v) is 14.5. The van der Waals surface area contributed by atoms with Gasteiger partial charge in [0, 0.05) is 23.6 Å². The zero-order chi connectivity index (χ0) is 17.8. The van der Waals surface area contributed by atoms with Gasteiger partial charge in [0.25, 0.3) is 5.91 Å². The summed E-state index contributed by atoms with van der Waals surface area (Å²) in [6.45, 7) is 2.04. The van der Waals surface area contributed by atoms with Crippen LogP contribution in [0, 0.1) is 6.92 Å². The number of aromatic amines is 1. The summed E-state index contributed by atoms with van der Waals surface area (Å²) in [5.41, 5.74) is 9.32. The van der Waals surface area contributed by atoms with Gasteiger partial charge in [0.05, 0.1) is 5.69 Å². The molecule has 3 aromatic rings.